The van der Waals surface area contributed by atoms with Crippen LogP contribution in [0.2, 0.25) is 15.1 Å². The van der Waals surface area contributed by atoms with Crippen molar-refractivity contribution >= 4 is 40.6 Å². The van der Waals surface area contributed by atoms with Gasteiger partial charge in [0.25, 0.3) is 0 Å². The SMILES string of the molecule is Clc1ccccc1-n1nc(-c2cccc(Cl)c2Cl)c2c1NCCCC2. The number of aromatic nitrogens is 2. The van der Waals surface area contributed by atoms with Crippen LogP contribution in [0.5, 0.6) is 0 Å². The molecule has 0 saturated heterocycles. The highest BCUT2D eigenvalue weighted by molar-refractivity contribution is 6.43. The van der Waals surface area contributed by atoms with Crippen molar-refractivity contribution in [2.75, 3.05) is 11.9 Å². The third-order valence-electron chi connectivity index (χ3n) is 4.42. The molecule has 0 amide bonds. The zero-order valence-electron chi connectivity index (χ0n) is 13.4. The van der Waals surface area contributed by atoms with E-state index in [1.54, 1.807) is 6.07 Å². The van der Waals surface area contributed by atoms with Crippen LogP contribution in [0.15, 0.2) is 42.5 Å². The van der Waals surface area contributed by atoms with E-state index in [2.05, 4.69) is 5.32 Å². The molecule has 2 aromatic carbocycles. The normalized spacial score (nSPS) is 13.9. The molecule has 0 spiro atoms. The van der Waals surface area contributed by atoms with Gasteiger partial charge in [-0.25, -0.2) is 4.68 Å². The summed E-state index contributed by atoms with van der Waals surface area (Å²) in [6.07, 6.45) is 3.14. The molecule has 3 nitrogen and oxygen atoms in total. The van der Waals surface area contributed by atoms with Crippen LogP contribution in [0.4, 0.5) is 5.82 Å². The van der Waals surface area contributed by atoms with Gasteiger partial charge < -0.3 is 5.32 Å². The Kier molecular flexibility index (Phi) is 4.63. The van der Waals surface area contributed by atoms with E-state index in [4.69, 9.17) is 39.9 Å². The van der Waals surface area contributed by atoms with Gasteiger partial charge in [-0.05, 0) is 37.5 Å². The van der Waals surface area contributed by atoms with Gasteiger partial charge in [-0.3, -0.25) is 0 Å². The summed E-state index contributed by atoms with van der Waals surface area (Å²) >= 11 is 19.1. The van der Waals surface area contributed by atoms with Gasteiger partial charge in [0, 0.05) is 17.7 Å². The lowest BCUT2D eigenvalue weighted by Gasteiger charge is -2.10. The Morgan fingerprint density at radius 2 is 1.72 bits per heavy atom. The predicted molar refractivity (Wildman–Crippen MR) is 105 cm³/mol. The Balaban J connectivity index is 1.97. The number of fused-ring (bicyclic) bond motifs is 1. The summed E-state index contributed by atoms with van der Waals surface area (Å²) in [6.45, 7) is 0.909. The largest absolute Gasteiger partial charge is 0.370 e. The number of hydrogen-bond acceptors (Lipinski definition) is 2. The molecule has 0 fully saturated rings. The fraction of sp³-hybridized carbons (Fsp3) is 0.211. The van der Waals surface area contributed by atoms with E-state index in [0.29, 0.717) is 15.1 Å². The summed E-state index contributed by atoms with van der Waals surface area (Å²) in [4.78, 5) is 0. The summed E-state index contributed by atoms with van der Waals surface area (Å²) in [5.41, 5.74) is 3.71. The number of benzene rings is 2. The van der Waals surface area contributed by atoms with Crippen molar-refractivity contribution in [2.45, 2.75) is 19.3 Å². The van der Waals surface area contributed by atoms with E-state index in [1.807, 2.05) is 41.1 Å². The minimum atomic E-state index is 0.528. The van der Waals surface area contributed by atoms with Crippen LogP contribution < -0.4 is 5.32 Å². The highest BCUT2D eigenvalue weighted by atomic mass is 35.5. The summed E-state index contributed by atoms with van der Waals surface area (Å²) in [5.74, 6) is 0.983. The lowest BCUT2D eigenvalue weighted by molar-refractivity contribution is 0.780. The lowest BCUT2D eigenvalue weighted by Crippen LogP contribution is -2.07. The lowest BCUT2D eigenvalue weighted by atomic mass is 10.0. The molecule has 0 bridgehead atoms. The van der Waals surface area contributed by atoms with E-state index >= 15 is 0 Å². The zero-order chi connectivity index (χ0) is 17.4. The molecule has 0 saturated carbocycles. The molecule has 2 heterocycles. The van der Waals surface area contributed by atoms with Gasteiger partial charge in [0.1, 0.15) is 5.82 Å². The average Bonchev–Trinajstić information content (AvgIpc) is 2.79. The average molecular weight is 393 g/mol. The van der Waals surface area contributed by atoms with Crippen LogP contribution in [0.25, 0.3) is 16.9 Å². The Labute approximate surface area is 161 Å². The number of nitrogens with one attached hydrogen (secondary N) is 1. The van der Waals surface area contributed by atoms with Gasteiger partial charge >= 0.3 is 0 Å². The molecule has 1 aliphatic rings. The van der Waals surface area contributed by atoms with E-state index in [-0.39, 0.29) is 0 Å². The zero-order valence-corrected chi connectivity index (χ0v) is 15.7. The molecule has 1 aromatic heterocycles. The minimum Gasteiger partial charge on any atom is -0.370 e. The predicted octanol–water partition coefficient (Wildman–Crippen LogP) is 6.25. The smallest absolute Gasteiger partial charge is 0.133 e. The summed E-state index contributed by atoms with van der Waals surface area (Å²) in [7, 11) is 0. The molecule has 4 rings (SSSR count). The molecule has 0 atom stereocenters. The van der Waals surface area contributed by atoms with Crippen molar-refractivity contribution < 1.29 is 0 Å². The van der Waals surface area contributed by atoms with E-state index in [0.717, 1.165) is 54.1 Å². The van der Waals surface area contributed by atoms with Crippen LogP contribution in [0, 0.1) is 0 Å². The molecule has 25 heavy (non-hydrogen) atoms. The number of halogens is 3. The number of rotatable bonds is 2. The van der Waals surface area contributed by atoms with Crippen molar-refractivity contribution in [1.29, 1.82) is 0 Å². The van der Waals surface area contributed by atoms with E-state index in [9.17, 15) is 0 Å². The first kappa shape index (κ1) is 16.8. The number of anilines is 1. The molecule has 0 aliphatic carbocycles. The van der Waals surface area contributed by atoms with Gasteiger partial charge in [0.15, 0.2) is 0 Å². The summed E-state index contributed by atoms with van der Waals surface area (Å²) in [6, 6.07) is 13.3. The van der Waals surface area contributed by atoms with Crippen molar-refractivity contribution in [3.05, 3.63) is 63.1 Å². The molecule has 1 N–H and O–H groups in total. The van der Waals surface area contributed by atoms with Crippen LogP contribution in [0.3, 0.4) is 0 Å². The van der Waals surface area contributed by atoms with Crippen LogP contribution in [-0.4, -0.2) is 16.3 Å². The van der Waals surface area contributed by atoms with E-state index in [1.165, 1.54) is 0 Å². The second kappa shape index (κ2) is 6.91. The Hall–Kier alpha value is -1.68. The highest BCUT2D eigenvalue weighted by Gasteiger charge is 2.24. The molecule has 6 heteroatoms. The first-order chi connectivity index (χ1) is 12.2. The van der Waals surface area contributed by atoms with Gasteiger partial charge in [-0.2, -0.15) is 5.10 Å². The fourth-order valence-corrected chi connectivity index (χ4v) is 3.81. The molecule has 3 aromatic rings. The highest BCUT2D eigenvalue weighted by Crippen LogP contribution is 2.39. The Bertz CT molecular complexity index is 934. The van der Waals surface area contributed by atoms with Gasteiger partial charge in [0.05, 0.1) is 26.4 Å². The molecule has 0 radical (unpaired) electrons. The number of nitrogens with zero attached hydrogens (tertiary/aromatic N) is 2. The Morgan fingerprint density at radius 3 is 2.56 bits per heavy atom. The quantitative estimate of drug-likeness (QED) is 0.559. The molecular weight excluding hydrogens is 377 g/mol. The van der Waals surface area contributed by atoms with Crippen LogP contribution in [-0.2, 0) is 6.42 Å². The van der Waals surface area contributed by atoms with E-state index < -0.39 is 0 Å². The molecular formula is C19H16Cl3N3. The maximum atomic E-state index is 6.47. The standard InChI is InChI=1S/C19H16Cl3N3/c20-14-8-1-2-10-16(14)25-19-13(6-3-4-11-23-19)18(24-25)12-7-5-9-15(21)17(12)22/h1-2,5,7-10,23H,3-4,6,11H2. The number of hydrogen-bond donors (Lipinski definition) is 1. The third-order valence-corrected chi connectivity index (χ3v) is 5.56. The van der Waals surface area contributed by atoms with Gasteiger partial charge in [-0.15, -0.1) is 0 Å². The summed E-state index contributed by atoms with van der Waals surface area (Å²) < 4.78 is 1.88. The Morgan fingerprint density at radius 1 is 0.920 bits per heavy atom. The first-order valence-corrected chi connectivity index (χ1v) is 9.35. The van der Waals surface area contributed by atoms with Crippen molar-refractivity contribution in [2.24, 2.45) is 0 Å². The molecule has 0 unspecified atom stereocenters. The maximum absolute atomic E-state index is 6.47. The minimum absolute atomic E-state index is 0.528. The fourth-order valence-electron chi connectivity index (χ4n) is 3.20. The van der Waals surface area contributed by atoms with Crippen molar-refractivity contribution in [1.82, 2.24) is 9.78 Å². The monoisotopic (exact) mass is 391 g/mol. The van der Waals surface area contributed by atoms with Crippen LogP contribution in [0.1, 0.15) is 18.4 Å². The third kappa shape index (κ3) is 3.01. The second-order valence-corrected chi connectivity index (χ2v) is 7.22. The van der Waals surface area contributed by atoms with Gasteiger partial charge in [0.2, 0.25) is 0 Å². The topological polar surface area (TPSA) is 29.9 Å². The van der Waals surface area contributed by atoms with Crippen molar-refractivity contribution in [3.8, 4) is 16.9 Å². The number of para-hydroxylation sites is 1. The van der Waals surface area contributed by atoms with Crippen molar-refractivity contribution in [3.63, 3.8) is 0 Å². The second-order valence-electron chi connectivity index (χ2n) is 6.02. The maximum Gasteiger partial charge on any atom is 0.133 e. The summed E-state index contributed by atoms with van der Waals surface area (Å²) in [5, 5.41) is 10.1. The first-order valence-electron chi connectivity index (χ1n) is 8.22. The molecule has 128 valence electrons. The molecule has 1 aliphatic heterocycles. The van der Waals surface area contributed by atoms with Gasteiger partial charge in [-0.1, -0.05) is 59.1 Å². The van der Waals surface area contributed by atoms with Crippen LogP contribution >= 0.6 is 34.8 Å².